The Bertz CT molecular complexity index is 824. The van der Waals surface area contributed by atoms with E-state index in [1.54, 1.807) is 0 Å². The Hall–Kier alpha value is -1.90. The van der Waals surface area contributed by atoms with Gasteiger partial charge < -0.3 is 0 Å². The second kappa shape index (κ2) is 7.58. The molecule has 0 aliphatic carbocycles. The summed E-state index contributed by atoms with van der Waals surface area (Å²) in [5.74, 6) is 0.193. The predicted molar refractivity (Wildman–Crippen MR) is 101 cm³/mol. The number of carbonyl (C=O) groups excluding carboxylic acids is 1. The van der Waals surface area contributed by atoms with E-state index < -0.39 is 0 Å². The smallest absolute Gasteiger partial charge is 0.176 e. The number of ketones is 1. The summed E-state index contributed by atoms with van der Waals surface area (Å²) in [6.45, 7) is 6.47. The topological polar surface area (TPSA) is 20.3 Å². The third-order valence-corrected chi connectivity index (χ3v) is 4.33. The van der Waals surface area contributed by atoms with Crippen molar-refractivity contribution < 1.29 is 4.79 Å². The predicted octanol–water partition coefficient (Wildman–Crippen LogP) is 4.94. The number of hydrogen-bond acceptors (Lipinski definition) is 2. The molecule has 3 heteroatoms. The van der Waals surface area contributed by atoms with E-state index in [1.165, 1.54) is 16.2 Å². The zero-order valence-electron chi connectivity index (χ0n) is 13.6. The van der Waals surface area contributed by atoms with Crippen LogP contribution in [0, 0.1) is 0 Å². The first-order valence-electron chi connectivity index (χ1n) is 7.90. The minimum Gasteiger partial charge on any atom is -0.296 e. The lowest BCUT2D eigenvalue weighted by molar-refractivity contribution is 0.0937. The monoisotopic (exact) mass is 327 g/mol. The Balaban J connectivity index is 0.00000192. The van der Waals surface area contributed by atoms with E-state index in [9.17, 15) is 4.79 Å². The molecule has 23 heavy (non-hydrogen) atoms. The minimum atomic E-state index is 0. The van der Waals surface area contributed by atoms with Crippen LogP contribution in [-0.2, 0) is 0 Å². The van der Waals surface area contributed by atoms with Crippen LogP contribution in [0.1, 0.15) is 24.2 Å². The molecular formula is C20H22ClNO. The fraction of sp³-hybridized carbons (Fsp3) is 0.250. The fourth-order valence-corrected chi connectivity index (χ4v) is 2.92. The number of benzene rings is 3. The molecule has 0 heterocycles. The second-order valence-corrected chi connectivity index (χ2v) is 5.61. The number of halogens is 1. The van der Waals surface area contributed by atoms with Gasteiger partial charge in [-0.2, -0.15) is 0 Å². The Morgan fingerprint density at radius 3 is 2.17 bits per heavy atom. The van der Waals surface area contributed by atoms with Crippen LogP contribution in [0.15, 0.2) is 54.6 Å². The van der Waals surface area contributed by atoms with Gasteiger partial charge in [0, 0.05) is 5.56 Å². The van der Waals surface area contributed by atoms with Gasteiger partial charge in [0.15, 0.2) is 5.78 Å². The van der Waals surface area contributed by atoms with Gasteiger partial charge in [-0.05, 0) is 40.7 Å². The van der Waals surface area contributed by atoms with E-state index in [4.69, 9.17) is 0 Å². The Morgan fingerprint density at radius 2 is 1.48 bits per heavy atom. The third-order valence-electron chi connectivity index (χ3n) is 4.33. The van der Waals surface area contributed by atoms with Crippen molar-refractivity contribution in [1.29, 1.82) is 0 Å². The number of carbonyl (C=O) groups is 1. The van der Waals surface area contributed by atoms with Crippen LogP contribution < -0.4 is 0 Å². The molecule has 0 bridgehead atoms. The highest BCUT2D eigenvalue weighted by Crippen LogP contribution is 2.26. The van der Waals surface area contributed by atoms with Gasteiger partial charge in [-0.3, -0.25) is 9.69 Å². The summed E-state index contributed by atoms with van der Waals surface area (Å²) >= 11 is 0. The highest BCUT2D eigenvalue weighted by Gasteiger charge is 2.11. The molecule has 120 valence electrons. The largest absolute Gasteiger partial charge is 0.296 e. The molecule has 0 unspecified atom stereocenters. The van der Waals surface area contributed by atoms with Gasteiger partial charge in [-0.25, -0.2) is 0 Å². The summed E-state index contributed by atoms with van der Waals surface area (Å²) < 4.78 is 0. The van der Waals surface area contributed by atoms with Gasteiger partial charge in [0.05, 0.1) is 6.54 Å². The lowest BCUT2D eigenvalue weighted by atomic mass is 9.98. The van der Waals surface area contributed by atoms with Crippen LogP contribution in [0.25, 0.3) is 21.5 Å². The van der Waals surface area contributed by atoms with Gasteiger partial charge in [0.1, 0.15) is 0 Å². The zero-order chi connectivity index (χ0) is 15.5. The van der Waals surface area contributed by atoms with Crippen molar-refractivity contribution in [3.8, 4) is 0 Å². The maximum Gasteiger partial charge on any atom is 0.176 e. The van der Waals surface area contributed by atoms with Crippen molar-refractivity contribution in [2.45, 2.75) is 13.8 Å². The molecule has 0 saturated carbocycles. The van der Waals surface area contributed by atoms with Crippen LogP contribution >= 0.6 is 12.4 Å². The standard InChI is InChI=1S/C20H21NO.ClH/c1-3-21(4-2)14-20(22)17-12-11-16-10-9-15-7-5-6-8-18(15)19(16)13-17;/h5-13H,3-4,14H2,1-2H3;1H. The van der Waals surface area contributed by atoms with Gasteiger partial charge in [-0.15, -0.1) is 12.4 Å². The molecule has 3 aromatic rings. The molecular weight excluding hydrogens is 306 g/mol. The van der Waals surface area contributed by atoms with Crippen LogP contribution in [0.3, 0.4) is 0 Å². The van der Waals surface area contributed by atoms with E-state index in [0.29, 0.717) is 6.54 Å². The van der Waals surface area contributed by atoms with E-state index in [1.807, 2.05) is 24.3 Å². The summed E-state index contributed by atoms with van der Waals surface area (Å²) in [6.07, 6.45) is 0. The molecule has 3 aromatic carbocycles. The van der Waals surface area contributed by atoms with Gasteiger partial charge in [0.25, 0.3) is 0 Å². The molecule has 0 aliphatic heterocycles. The fourth-order valence-electron chi connectivity index (χ4n) is 2.92. The number of Topliss-reactive ketones (excluding diaryl/α,β-unsaturated/α-hetero) is 1. The normalized spacial score (nSPS) is 10.9. The molecule has 0 aromatic heterocycles. The summed E-state index contributed by atoms with van der Waals surface area (Å²) in [5, 5.41) is 4.75. The molecule has 0 N–H and O–H groups in total. The SMILES string of the molecule is CCN(CC)CC(=O)c1ccc2ccc3ccccc3c2c1.Cl. The summed E-state index contributed by atoms with van der Waals surface area (Å²) in [5.41, 5.74) is 0.802. The average Bonchev–Trinajstić information content (AvgIpc) is 2.58. The second-order valence-electron chi connectivity index (χ2n) is 5.61. The molecule has 0 fully saturated rings. The Kier molecular flexibility index (Phi) is 5.75. The van der Waals surface area contributed by atoms with E-state index in [2.05, 4.69) is 49.1 Å². The molecule has 0 amide bonds. The lowest BCUT2D eigenvalue weighted by Crippen LogP contribution is -2.29. The van der Waals surface area contributed by atoms with Gasteiger partial charge >= 0.3 is 0 Å². The lowest BCUT2D eigenvalue weighted by Gasteiger charge is -2.17. The van der Waals surface area contributed by atoms with E-state index in [0.717, 1.165) is 24.0 Å². The number of rotatable bonds is 5. The van der Waals surface area contributed by atoms with Crippen LogP contribution in [0.5, 0.6) is 0 Å². The molecule has 0 atom stereocenters. The number of hydrogen-bond donors (Lipinski definition) is 0. The Morgan fingerprint density at radius 1 is 0.870 bits per heavy atom. The maximum atomic E-state index is 12.5. The van der Waals surface area contributed by atoms with Crippen LogP contribution in [0.2, 0.25) is 0 Å². The Labute approximate surface area is 143 Å². The number of nitrogens with zero attached hydrogens (tertiary/aromatic N) is 1. The summed E-state index contributed by atoms with van der Waals surface area (Å²) in [7, 11) is 0. The van der Waals surface area contributed by atoms with Crippen molar-refractivity contribution in [2.75, 3.05) is 19.6 Å². The third kappa shape index (κ3) is 3.54. The average molecular weight is 328 g/mol. The first kappa shape index (κ1) is 17.5. The van der Waals surface area contributed by atoms with Crippen molar-refractivity contribution in [2.24, 2.45) is 0 Å². The van der Waals surface area contributed by atoms with E-state index >= 15 is 0 Å². The number of fused-ring (bicyclic) bond motifs is 3. The number of likely N-dealkylation sites (N-methyl/N-ethyl adjacent to an activating group) is 1. The first-order valence-corrected chi connectivity index (χ1v) is 7.90. The molecule has 2 nitrogen and oxygen atoms in total. The van der Waals surface area contributed by atoms with Crippen molar-refractivity contribution in [1.82, 2.24) is 4.90 Å². The molecule has 0 saturated heterocycles. The zero-order valence-corrected chi connectivity index (χ0v) is 14.4. The minimum absolute atomic E-state index is 0. The van der Waals surface area contributed by atoms with E-state index in [-0.39, 0.29) is 18.2 Å². The van der Waals surface area contributed by atoms with Crippen LogP contribution in [-0.4, -0.2) is 30.3 Å². The van der Waals surface area contributed by atoms with Gasteiger partial charge in [0.2, 0.25) is 0 Å². The first-order chi connectivity index (χ1) is 10.7. The molecule has 3 rings (SSSR count). The van der Waals surface area contributed by atoms with Crippen molar-refractivity contribution in [3.05, 3.63) is 60.2 Å². The van der Waals surface area contributed by atoms with Crippen molar-refractivity contribution in [3.63, 3.8) is 0 Å². The molecule has 0 radical (unpaired) electrons. The summed E-state index contributed by atoms with van der Waals surface area (Å²) in [4.78, 5) is 14.7. The maximum absolute atomic E-state index is 12.5. The molecule has 0 spiro atoms. The quantitative estimate of drug-likeness (QED) is 0.488. The highest BCUT2D eigenvalue weighted by molar-refractivity contribution is 6.10. The molecule has 0 aliphatic rings. The highest BCUT2D eigenvalue weighted by atomic mass is 35.5. The van der Waals surface area contributed by atoms with Crippen molar-refractivity contribution >= 4 is 39.7 Å². The van der Waals surface area contributed by atoms with Crippen LogP contribution in [0.4, 0.5) is 0 Å². The summed E-state index contributed by atoms with van der Waals surface area (Å²) in [6, 6.07) is 18.6. The van der Waals surface area contributed by atoms with Gasteiger partial charge in [-0.1, -0.05) is 62.4 Å².